The predicted molar refractivity (Wildman–Crippen MR) is 93.6 cm³/mol. The van der Waals surface area contributed by atoms with Crippen LogP contribution >= 0.6 is 11.8 Å². The van der Waals surface area contributed by atoms with Gasteiger partial charge in [-0.3, -0.25) is 4.79 Å². The van der Waals surface area contributed by atoms with Crippen LogP contribution in [0.25, 0.3) is 0 Å². The number of hydrogen-bond acceptors (Lipinski definition) is 4. The smallest absolute Gasteiger partial charge is 0.337 e. The van der Waals surface area contributed by atoms with Crippen molar-refractivity contribution in [2.24, 2.45) is 0 Å². The van der Waals surface area contributed by atoms with Crippen molar-refractivity contribution in [1.82, 2.24) is 5.32 Å². The first-order chi connectivity index (χ1) is 11.2. The summed E-state index contributed by atoms with van der Waals surface area (Å²) in [5.74, 6) is 0.955. The summed E-state index contributed by atoms with van der Waals surface area (Å²) in [6.45, 7) is 0. The van der Waals surface area contributed by atoms with Crippen LogP contribution in [0.15, 0.2) is 24.3 Å². The zero-order valence-corrected chi connectivity index (χ0v) is 14.5. The normalized spacial score (nSPS) is 15.7. The van der Waals surface area contributed by atoms with Crippen molar-refractivity contribution in [3.63, 3.8) is 0 Å². The summed E-state index contributed by atoms with van der Waals surface area (Å²) in [6, 6.07) is 7.71. The summed E-state index contributed by atoms with van der Waals surface area (Å²) in [5, 5.41) is 3.15. The fourth-order valence-corrected chi connectivity index (χ4v) is 3.65. The largest absolute Gasteiger partial charge is 0.465 e. The van der Waals surface area contributed by atoms with E-state index in [-0.39, 0.29) is 11.9 Å². The zero-order valence-electron chi connectivity index (χ0n) is 13.7. The third-order valence-corrected chi connectivity index (χ3v) is 5.07. The van der Waals surface area contributed by atoms with Gasteiger partial charge in [-0.05, 0) is 30.5 Å². The predicted octanol–water partition coefficient (Wildman–Crippen LogP) is 3.55. The summed E-state index contributed by atoms with van der Waals surface area (Å²) in [5.41, 5.74) is 1.58. The van der Waals surface area contributed by atoms with Crippen molar-refractivity contribution in [2.75, 3.05) is 12.9 Å². The lowest BCUT2D eigenvalue weighted by Crippen LogP contribution is -2.35. The molecule has 0 aliphatic heterocycles. The van der Waals surface area contributed by atoms with Crippen LogP contribution in [0.1, 0.15) is 54.4 Å². The molecule has 2 rings (SSSR count). The average Bonchev–Trinajstić information content (AvgIpc) is 2.83. The van der Waals surface area contributed by atoms with Crippen molar-refractivity contribution < 1.29 is 14.3 Å². The minimum Gasteiger partial charge on any atom is -0.465 e. The van der Waals surface area contributed by atoms with E-state index in [1.807, 2.05) is 18.2 Å². The van der Waals surface area contributed by atoms with Gasteiger partial charge < -0.3 is 10.1 Å². The van der Waals surface area contributed by atoms with Crippen LogP contribution in [0.5, 0.6) is 0 Å². The number of amides is 1. The first-order valence-electron chi connectivity index (χ1n) is 8.23. The molecular weight excluding hydrogens is 310 g/mol. The van der Waals surface area contributed by atoms with Gasteiger partial charge in [0.25, 0.3) is 0 Å². The monoisotopic (exact) mass is 335 g/mol. The second-order valence-electron chi connectivity index (χ2n) is 5.94. The van der Waals surface area contributed by atoms with E-state index in [2.05, 4.69) is 5.32 Å². The highest BCUT2D eigenvalue weighted by atomic mass is 32.2. The van der Waals surface area contributed by atoms with Gasteiger partial charge in [0, 0.05) is 11.8 Å². The number of rotatable bonds is 6. The molecule has 0 unspecified atom stereocenters. The molecule has 1 N–H and O–H groups in total. The maximum atomic E-state index is 12.0. The molecule has 0 atom stereocenters. The molecule has 1 saturated carbocycles. The Bertz CT molecular complexity index is 525. The lowest BCUT2D eigenvalue weighted by Gasteiger charge is -2.16. The molecule has 0 bridgehead atoms. The van der Waals surface area contributed by atoms with Crippen LogP contribution in [0, 0.1) is 0 Å². The van der Waals surface area contributed by atoms with Gasteiger partial charge in [0.05, 0.1) is 18.4 Å². The number of esters is 1. The van der Waals surface area contributed by atoms with Crippen LogP contribution in [0.2, 0.25) is 0 Å². The van der Waals surface area contributed by atoms with E-state index < -0.39 is 0 Å². The molecule has 5 heteroatoms. The van der Waals surface area contributed by atoms with Crippen LogP contribution < -0.4 is 5.32 Å². The van der Waals surface area contributed by atoms with E-state index in [1.54, 1.807) is 17.8 Å². The molecule has 1 aliphatic carbocycles. The van der Waals surface area contributed by atoms with E-state index in [9.17, 15) is 9.59 Å². The Morgan fingerprint density at radius 1 is 1.22 bits per heavy atom. The van der Waals surface area contributed by atoms with Gasteiger partial charge >= 0.3 is 5.97 Å². The molecule has 126 valence electrons. The first-order valence-corrected chi connectivity index (χ1v) is 9.39. The maximum absolute atomic E-state index is 12.0. The summed E-state index contributed by atoms with van der Waals surface area (Å²) in [6.07, 6.45) is 7.24. The number of carbonyl (C=O) groups is 2. The molecule has 1 aromatic rings. The highest BCUT2D eigenvalue weighted by molar-refractivity contribution is 7.99. The highest BCUT2D eigenvalue weighted by Gasteiger charge is 2.14. The molecule has 1 aromatic carbocycles. The van der Waals surface area contributed by atoms with E-state index in [1.165, 1.54) is 32.8 Å². The summed E-state index contributed by atoms with van der Waals surface area (Å²) in [4.78, 5) is 23.5. The molecule has 0 radical (unpaired) electrons. The summed E-state index contributed by atoms with van der Waals surface area (Å²) >= 11 is 1.57. The van der Waals surface area contributed by atoms with Crippen LogP contribution in [0.4, 0.5) is 0 Å². The number of methoxy groups -OCH3 is 1. The van der Waals surface area contributed by atoms with E-state index in [0.29, 0.717) is 23.1 Å². The fraction of sp³-hybridized carbons (Fsp3) is 0.556. The van der Waals surface area contributed by atoms with Crippen LogP contribution in [0.3, 0.4) is 0 Å². The SMILES string of the molecule is COC(=O)c1cccc(CSCC(=O)NC2CCCCCC2)c1. The summed E-state index contributed by atoms with van der Waals surface area (Å²) < 4.78 is 4.72. The number of benzene rings is 1. The molecule has 0 heterocycles. The molecule has 1 amide bonds. The highest BCUT2D eigenvalue weighted by Crippen LogP contribution is 2.18. The Kier molecular flexibility index (Phi) is 7.46. The van der Waals surface area contributed by atoms with Gasteiger partial charge in [-0.2, -0.15) is 0 Å². The van der Waals surface area contributed by atoms with Crippen molar-refractivity contribution in [2.45, 2.75) is 50.3 Å². The molecule has 0 aromatic heterocycles. The molecule has 1 aliphatic rings. The van der Waals surface area contributed by atoms with E-state index >= 15 is 0 Å². The molecule has 4 nitrogen and oxygen atoms in total. The van der Waals surface area contributed by atoms with Gasteiger partial charge in [0.2, 0.25) is 5.91 Å². The number of thioether (sulfide) groups is 1. The van der Waals surface area contributed by atoms with E-state index in [4.69, 9.17) is 4.74 Å². The maximum Gasteiger partial charge on any atom is 0.337 e. The standard InChI is InChI=1S/C18H25NO3S/c1-22-18(21)15-8-6-7-14(11-15)12-23-13-17(20)19-16-9-4-2-3-5-10-16/h6-8,11,16H,2-5,9-10,12-13H2,1H3,(H,19,20). The van der Waals surface area contributed by atoms with Gasteiger partial charge in [0.1, 0.15) is 0 Å². The Labute approximate surface area is 142 Å². The number of carbonyl (C=O) groups excluding carboxylic acids is 2. The molecule has 0 saturated heterocycles. The third kappa shape index (κ3) is 6.26. The first kappa shape index (κ1) is 17.9. The number of nitrogens with one attached hydrogen (secondary N) is 1. The van der Waals surface area contributed by atoms with Gasteiger partial charge in [-0.15, -0.1) is 11.8 Å². The van der Waals surface area contributed by atoms with Gasteiger partial charge in [-0.1, -0.05) is 37.8 Å². The van der Waals surface area contributed by atoms with Crippen LogP contribution in [-0.4, -0.2) is 30.8 Å². The second-order valence-corrected chi connectivity index (χ2v) is 6.93. The average molecular weight is 335 g/mol. The third-order valence-electron chi connectivity index (χ3n) is 4.07. The Hall–Kier alpha value is -1.49. The second kappa shape index (κ2) is 9.60. The topological polar surface area (TPSA) is 55.4 Å². The number of hydrogen-bond donors (Lipinski definition) is 1. The van der Waals surface area contributed by atoms with Gasteiger partial charge in [0.15, 0.2) is 0 Å². The van der Waals surface area contributed by atoms with Crippen LogP contribution in [-0.2, 0) is 15.3 Å². The Morgan fingerprint density at radius 3 is 2.65 bits per heavy atom. The summed E-state index contributed by atoms with van der Waals surface area (Å²) in [7, 11) is 1.38. The van der Waals surface area contributed by atoms with Crippen molar-refractivity contribution >= 4 is 23.6 Å². The number of ether oxygens (including phenoxy) is 1. The zero-order chi connectivity index (χ0) is 16.5. The Morgan fingerprint density at radius 2 is 1.96 bits per heavy atom. The van der Waals surface area contributed by atoms with Crippen molar-refractivity contribution in [3.8, 4) is 0 Å². The fourth-order valence-electron chi connectivity index (χ4n) is 2.86. The molecule has 1 fully saturated rings. The lowest BCUT2D eigenvalue weighted by atomic mass is 10.1. The minimum atomic E-state index is -0.331. The quantitative estimate of drug-likeness (QED) is 0.638. The molecular formula is C18H25NO3S. The minimum absolute atomic E-state index is 0.117. The van der Waals surface area contributed by atoms with E-state index in [0.717, 1.165) is 18.4 Å². The lowest BCUT2D eigenvalue weighted by molar-refractivity contribution is -0.119. The Balaban J connectivity index is 1.73. The van der Waals surface area contributed by atoms with Crippen molar-refractivity contribution in [1.29, 1.82) is 0 Å². The molecule has 0 spiro atoms. The van der Waals surface area contributed by atoms with Gasteiger partial charge in [-0.25, -0.2) is 4.79 Å². The van der Waals surface area contributed by atoms with Crippen molar-refractivity contribution in [3.05, 3.63) is 35.4 Å². The molecule has 23 heavy (non-hydrogen) atoms.